The summed E-state index contributed by atoms with van der Waals surface area (Å²) < 4.78 is 39.7. The molecule has 1 aliphatic heterocycles. The Morgan fingerprint density at radius 2 is 1.72 bits per heavy atom. The summed E-state index contributed by atoms with van der Waals surface area (Å²) in [6.07, 6.45) is 4.10. The van der Waals surface area contributed by atoms with E-state index < -0.39 is 16.1 Å². The van der Waals surface area contributed by atoms with E-state index in [4.69, 9.17) is 9.47 Å². The van der Waals surface area contributed by atoms with Crippen LogP contribution in [0.2, 0.25) is 0 Å². The molecule has 1 atom stereocenters. The number of methoxy groups -OCH3 is 1. The maximum Gasteiger partial charge on any atom is 0.257 e. The number of rotatable bonds is 8. The number of carbonyl (C=O) groups excluding carboxylic acids is 1. The van der Waals surface area contributed by atoms with E-state index in [1.54, 1.807) is 17.9 Å². The van der Waals surface area contributed by atoms with Gasteiger partial charge >= 0.3 is 0 Å². The molecule has 1 heterocycles. The van der Waals surface area contributed by atoms with Crippen molar-refractivity contribution in [1.82, 2.24) is 9.62 Å². The lowest BCUT2D eigenvalue weighted by molar-refractivity contribution is 0.0758. The number of nitrogens with one attached hydrogen (secondary N) is 1. The molecule has 0 saturated carbocycles. The van der Waals surface area contributed by atoms with Gasteiger partial charge in [-0.1, -0.05) is 25.0 Å². The van der Waals surface area contributed by atoms with Crippen LogP contribution in [0.5, 0.6) is 11.5 Å². The summed E-state index contributed by atoms with van der Waals surface area (Å²) in [6.45, 7) is 5.60. The SMILES string of the molecule is CCOc1ccc(C(C)NS(=O)(=O)c2ccc(OC)c(C(=O)N3CCCCCC3)c2)cc1. The predicted octanol–water partition coefficient (Wildman–Crippen LogP) is 4.15. The number of hydrogen-bond donors (Lipinski definition) is 1. The zero-order chi connectivity index (χ0) is 23.1. The summed E-state index contributed by atoms with van der Waals surface area (Å²) in [4.78, 5) is 15.0. The molecule has 8 heteroatoms. The number of ether oxygens (including phenoxy) is 2. The third-order valence-electron chi connectivity index (χ3n) is 5.63. The van der Waals surface area contributed by atoms with E-state index in [-0.39, 0.29) is 16.4 Å². The number of amides is 1. The van der Waals surface area contributed by atoms with Gasteiger partial charge in [0.1, 0.15) is 11.5 Å². The molecule has 0 aliphatic carbocycles. The Labute approximate surface area is 190 Å². The van der Waals surface area contributed by atoms with Crippen molar-refractivity contribution in [2.45, 2.75) is 50.5 Å². The van der Waals surface area contributed by atoms with Crippen LogP contribution in [0.25, 0.3) is 0 Å². The van der Waals surface area contributed by atoms with Crippen LogP contribution in [0.3, 0.4) is 0 Å². The second-order valence-corrected chi connectivity index (χ2v) is 9.63. The lowest BCUT2D eigenvalue weighted by Crippen LogP contribution is -2.32. The van der Waals surface area contributed by atoms with Crippen LogP contribution in [-0.2, 0) is 10.0 Å². The van der Waals surface area contributed by atoms with Crippen molar-refractivity contribution in [2.75, 3.05) is 26.8 Å². The number of likely N-dealkylation sites (tertiary alicyclic amines) is 1. The van der Waals surface area contributed by atoms with Crippen molar-refractivity contribution in [3.8, 4) is 11.5 Å². The highest BCUT2D eigenvalue weighted by atomic mass is 32.2. The van der Waals surface area contributed by atoms with Crippen LogP contribution in [-0.4, -0.2) is 46.0 Å². The van der Waals surface area contributed by atoms with Gasteiger partial charge in [0.05, 0.1) is 24.2 Å². The Morgan fingerprint density at radius 1 is 1.06 bits per heavy atom. The van der Waals surface area contributed by atoms with Gasteiger partial charge in [-0.3, -0.25) is 4.79 Å². The first-order valence-electron chi connectivity index (χ1n) is 11.1. The first-order chi connectivity index (χ1) is 15.4. The third kappa shape index (κ3) is 5.81. The van der Waals surface area contributed by atoms with Gasteiger partial charge in [-0.2, -0.15) is 0 Å². The number of carbonyl (C=O) groups is 1. The molecule has 2 aromatic carbocycles. The summed E-state index contributed by atoms with van der Waals surface area (Å²) in [5.74, 6) is 0.913. The molecule has 0 aromatic heterocycles. The van der Waals surface area contributed by atoms with Crippen molar-refractivity contribution in [1.29, 1.82) is 0 Å². The van der Waals surface area contributed by atoms with E-state index in [0.29, 0.717) is 25.4 Å². The van der Waals surface area contributed by atoms with Gasteiger partial charge in [-0.25, -0.2) is 13.1 Å². The van der Waals surface area contributed by atoms with Crippen LogP contribution in [0.1, 0.15) is 61.5 Å². The van der Waals surface area contributed by atoms with E-state index in [1.165, 1.54) is 19.2 Å². The van der Waals surface area contributed by atoms with Crippen LogP contribution in [0.4, 0.5) is 0 Å². The van der Waals surface area contributed by atoms with Crippen LogP contribution in [0, 0.1) is 0 Å². The summed E-state index contributed by atoms with van der Waals surface area (Å²) in [6, 6.07) is 11.3. The average molecular weight is 461 g/mol. The molecule has 0 radical (unpaired) electrons. The summed E-state index contributed by atoms with van der Waals surface area (Å²) in [5.41, 5.74) is 1.08. The largest absolute Gasteiger partial charge is 0.496 e. The maximum atomic E-state index is 13.2. The first kappa shape index (κ1) is 24.1. The van der Waals surface area contributed by atoms with Gasteiger partial charge in [0.25, 0.3) is 5.91 Å². The topological polar surface area (TPSA) is 84.9 Å². The maximum absolute atomic E-state index is 13.2. The second-order valence-electron chi connectivity index (χ2n) is 7.91. The van der Waals surface area contributed by atoms with Gasteiger partial charge in [-0.15, -0.1) is 0 Å². The molecule has 7 nitrogen and oxygen atoms in total. The summed E-state index contributed by atoms with van der Waals surface area (Å²) >= 11 is 0. The minimum Gasteiger partial charge on any atom is -0.496 e. The van der Waals surface area contributed by atoms with Crippen molar-refractivity contribution in [2.24, 2.45) is 0 Å². The lowest BCUT2D eigenvalue weighted by atomic mass is 10.1. The zero-order valence-corrected chi connectivity index (χ0v) is 19.8. The molecule has 1 fully saturated rings. The Kier molecular flexibility index (Phi) is 8.15. The molecule has 1 saturated heterocycles. The average Bonchev–Trinajstić information content (AvgIpc) is 3.08. The lowest BCUT2D eigenvalue weighted by Gasteiger charge is -2.22. The molecule has 1 unspecified atom stereocenters. The van der Waals surface area contributed by atoms with E-state index in [1.807, 2.05) is 31.2 Å². The molecule has 3 rings (SSSR count). The molecule has 32 heavy (non-hydrogen) atoms. The van der Waals surface area contributed by atoms with Crippen molar-refractivity contribution >= 4 is 15.9 Å². The first-order valence-corrected chi connectivity index (χ1v) is 12.6. The van der Waals surface area contributed by atoms with Crippen LogP contribution in [0.15, 0.2) is 47.4 Å². The number of benzene rings is 2. The van der Waals surface area contributed by atoms with E-state index in [2.05, 4.69) is 4.72 Å². The zero-order valence-electron chi connectivity index (χ0n) is 19.0. The molecular formula is C24H32N2O5S. The molecule has 1 aliphatic rings. The van der Waals surface area contributed by atoms with Gasteiger partial charge in [0.2, 0.25) is 10.0 Å². The Bertz CT molecular complexity index is 1010. The highest BCUT2D eigenvalue weighted by Crippen LogP contribution is 2.26. The Balaban J connectivity index is 1.82. The van der Waals surface area contributed by atoms with Gasteiger partial charge in [0.15, 0.2) is 0 Å². The van der Waals surface area contributed by atoms with Crippen LogP contribution < -0.4 is 14.2 Å². The standard InChI is InChI=1S/C24H32N2O5S/c1-4-31-20-11-9-19(10-12-20)18(2)25-32(28,29)21-13-14-23(30-3)22(17-21)24(27)26-15-7-5-6-8-16-26/h9-14,17-18,25H,4-8,15-16H2,1-3H3. The van der Waals surface area contributed by atoms with Crippen molar-refractivity contribution in [3.05, 3.63) is 53.6 Å². The third-order valence-corrected chi connectivity index (χ3v) is 7.17. The summed E-state index contributed by atoms with van der Waals surface area (Å²) in [5, 5.41) is 0. The second kappa shape index (κ2) is 10.8. The molecule has 174 valence electrons. The predicted molar refractivity (Wildman–Crippen MR) is 124 cm³/mol. The van der Waals surface area contributed by atoms with E-state index >= 15 is 0 Å². The Hall–Kier alpha value is -2.58. The molecule has 0 bridgehead atoms. The highest BCUT2D eigenvalue weighted by Gasteiger charge is 2.25. The molecule has 2 aromatic rings. The molecular weight excluding hydrogens is 428 g/mol. The highest BCUT2D eigenvalue weighted by molar-refractivity contribution is 7.89. The fourth-order valence-electron chi connectivity index (χ4n) is 3.85. The smallest absolute Gasteiger partial charge is 0.257 e. The Morgan fingerprint density at radius 3 is 2.31 bits per heavy atom. The summed E-state index contributed by atoms with van der Waals surface area (Å²) in [7, 11) is -2.37. The van der Waals surface area contributed by atoms with E-state index in [9.17, 15) is 13.2 Å². The fraction of sp³-hybridized carbons (Fsp3) is 0.458. The molecule has 1 N–H and O–H groups in total. The fourth-order valence-corrected chi connectivity index (χ4v) is 5.11. The van der Waals surface area contributed by atoms with Gasteiger partial charge in [-0.05, 0) is 62.6 Å². The van der Waals surface area contributed by atoms with Gasteiger partial charge in [0, 0.05) is 19.1 Å². The number of nitrogens with zero attached hydrogens (tertiary/aromatic N) is 1. The quantitative estimate of drug-likeness (QED) is 0.640. The van der Waals surface area contributed by atoms with Crippen molar-refractivity contribution in [3.63, 3.8) is 0 Å². The van der Waals surface area contributed by atoms with E-state index in [0.717, 1.165) is 37.0 Å². The molecule has 1 amide bonds. The number of sulfonamides is 1. The normalized spacial score (nSPS) is 15.7. The minimum absolute atomic E-state index is 0.0364. The monoisotopic (exact) mass is 460 g/mol. The number of hydrogen-bond acceptors (Lipinski definition) is 5. The van der Waals surface area contributed by atoms with Gasteiger partial charge < -0.3 is 14.4 Å². The molecule has 0 spiro atoms. The van der Waals surface area contributed by atoms with Crippen molar-refractivity contribution < 1.29 is 22.7 Å². The minimum atomic E-state index is -3.85. The van der Waals surface area contributed by atoms with Crippen LogP contribution >= 0.6 is 0 Å².